The van der Waals surface area contributed by atoms with Crippen LogP contribution in [-0.2, 0) is 21.4 Å². The maximum Gasteiger partial charge on any atom is 0.307 e. The maximum absolute atomic E-state index is 12.1. The van der Waals surface area contributed by atoms with Gasteiger partial charge in [-0.2, -0.15) is 0 Å². The Morgan fingerprint density at radius 3 is 2.50 bits per heavy atom. The van der Waals surface area contributed by atoms with Gasteiger partial charge in [0.2, 0.25) is 0 Å². The molecule has 0 bridgehead atoms. The number of hydrazine groups is 1. The first-order valence-corrected chi connectivity index (χ1v) is 9.38. The fourth-order valence-corrected chi connectivity index (χ4v) is 3.44. The molecule has 0 radical (unpaired) electrons. The first kappa shape index (κ1) is 18.2. The van der Waals surface area contributed by atoms with E-state index in [0.717, 1.165) is 11.3 Å². The van der Waals surface area contributed by atoms with Crippen molar-refractivity contribution in [3.63, 3.8) is 0 Å². The summed E-state index contributed by atoms with van der Waals surface area (Å²) in [6.07, 6.45) is 0. The van der Waals surface area contributed by atoms with Crippen molar-refractivity contribution >= 4 is 27.3 Å². The number of carbonyl (C=O) groups excluding carboxylic acids is 1. The Bertz CT molecular complexity index is 869. The van der Waals surface area contributed by atoms with E-state index in [2.05, 4.69) is 5.43 Å². The lowest BCUT2D eigenvalue weighted by Gasteiger charge is -2.10. The smallest absolute Gasteiger partial charge is 0.307 e. The number of nitrogens with zero attached hydrogens (tertiary/aromatic N) is 1. The van der Waals surface area contributed by atoms with Crippen molar-refractivity contribution in [3.05, 3.63) is 45.0 Å². The van der Waals surface area contributed by atoms with Crippen LogP contribution in [-0.4, -0.2) is 25.5 Å². The largest absolute Gasteiger partial charge is 0.494 e. The van der Waals surface area contributed by atoms with Crippen LogP contribution in [0.25, 0.3) is 0 Å². The summed E-state index contributed by atoms with van der Waals surface area (Å²) < 4.78 is 30.7. The number of benzene rings is 1. The minimum atomic E-state index is -3.91. The zero-order valence-corrected chi connectivity index (χ0v) is 14.7. The van der Waals surface area contributed by atoms with Gasteiger partial charge in [-0.05, 0) is 38.1 Å². The number of aryl methyl sites for hydroxylation is 1. The second-order valence-corrected chi connectivity index (χ2v) is 7.29. The summed E-state index contributed by atoms with van der Waals surface area (Å²) in [5, 5.41) is 1.62. The molecule has 2 N–H and O–H groups in total. The maximum atomic E-state index is 12.1. The molecule has 1 heterocycles. The lowest BCUT2D eigenvalue weighted by atomic mass is 10.3. The van der Waals surface area contributed by atoms with E-state index in [-0.39, 0.29) is 16.3 Å². The molecular formula is C14H17N3O5S2. The van der Waals surface area contributed by atoms with Crippen LogP contribution >= 0.6 is 11.3 Å². The molecule has 0 aliphatic heterocycles. The highest BCUT2D eigenvalue weighted by molar-refractivity contribution is 7.89. The monoisotopic (exact) mass is 371 g/mol. The van der Waals surface area contributed by atoms with E-state index in [1.165, 1.54) is 28.8 Å². The van der Waals surface area contributed by atoms with Gasteiger partial charge in [0, 0.05) is 11.1 Å². The van der Waals surface area contributed by atoms with Crippen LogP contribution < -0.4 is 19.9 Å². The lowest BCUT2D eigenvalue weighted by molar-refractivity contribution is -0.122. The van der Waals surface area contributed by atoms with Gasteiger partial charge in [0.05, 0.1) is 11.5 Å². The van der Waals surface area contributed by atoms with Gasteiger partial charge >= 0.3 is 4.87 Å². The first-order valence-electron chi connectivity index (χ1n) is 7.02. The first-order chi connectivity index (χ1) is 11.3. The van der Waals surface area contributed by atoms with Gasteiger partial charge in [0.1, 0.15) is 12.3 Å². The Hall–Kier alpha value is -2.17. The minimum Gasteiger partial charge on any atom is -0.494 e. The number of hydrogen-bond donors (Lipinski definition) is 2. The Balaban J connectivity index is 1.99. The predicted octanol–water partition coefficient (Wildman–Crippen LogP) is 0.627. The van der Waals surface area contributed by atoms with Gasteiger partial charge in [-0.1, -0.05) is 11.3 Å². The molecule has 1 aromatic carbocycles. The number of hydrogen-bond acceptors (Lipinski definition) is 6. The molecule has 1 amide bonds. The molecule has 2 aromatic rings. The van der Waals surface area contributed by atoms with E-state index in [0.29, 0.717) is 18.1 Å². The second kappa shape index (κ2) is 7.60. The second-order valence-electron chi connectivity index (χ2n) is 4.79. The van der Waals surface area contributed by atoms with E-state index in [1.807, 2.05) is 11.8 Å². The standard InChI is InChI=1S/C14H17N3O5S2/c1-3-22-11-4-6-12(7-5-11)24(20,21)16-15-13(18)8-17-10(2)9-23-14(17)19/h4-7,9,16H,3,8H2,1-2H3,(H,15,18). The third-order valence-corrected chi connectivity index (χ3v) is 5.19. The molecule has 2 rings (SSSR count). The molecule has 0 aliphatic rings. The number of ether oxygens (including phenoxy) is 1. The number of nitrogens with one attached hydrogen (secondary N) is 2. The summed E-state index contributed by atoms with van der Waals surface area (Å²) in [5.74, 6) is -0.0964. The van der Waals surface area contributed by atoms with Crippen molar-refractivity contribution in [3.8, 4) is 5.75 Å². The number of rotatable bonds is 7. The summed E-state index contributed by atoms with van der Waals surface area (Å²) in [6, 6.07) is 5.78. The SMILES string of the molecule is CCOc1ccc(S(=O)(=O)NNC(=O)Cn2c(C)csc2=O)cc1. The van der Waals surface area contributed by atoms with Crippen LogP contribution in [0.2, 0.25) is 0 Å². The summed E-state index contributed by atoms with van der Waals surface area (Å²) in [5.41, 5.74) is 2.72. The van der Waals surface area contributed by atoms with Crippen LogP contribution in [0.1, 0.15) is 12.6 Å². The average molecular weight is 371 g/mol. The molecule has 130 valence electrons. The van der Waals surface area contributed by atoms with Crippen molar-refractivity contribution < 1.29 is 17.9 Å². The van der Waals surface area contributed by atoms with Crippen molar-refractivity contribution in [1.82, 2.24) is 14.8 Å². The molecule has 0 atom stereocenters. The summed E-state index contributed by atoms with van der Waals surface area (Å²) in [6.45, 7) is 3.72. The van der Waals surface area contributed by atoms with E-state index in [9.17, 15) is 18.0 Å². The Morgan fingerprint density at radius 2 is 1.96 bits per heavy atom. The van der Waals surface area contributed by atoms with Crippen LogP contribution in [0.5, 0.6) is 5.75 Å². The molecule has 0 unspecified atom stereocenters. The van der Waals surface area contributed by atoms with Gasteiger partial charge in [-0.15, -0.1) is 4.83 Å². The van der Waals surface area contributed by atoms with Gasteiger partial charge in [-0.3, -0.25) is 19.6 Å². The normalized spacial score (nSPS) is 11.2. The number of sulfonamides is 1. The van der Waals surface area contributed by atoms with E-state index >= 15 is 0 Å². The predicted molar refractivity (Wildman–Crippen MR) is 89.4 cm³/mol. The fourth-order valence-electron chi connectivity index (χ4n) is 1.84. The summed E-state index contributed by atoms with van der Waals surface area (Å²) >= 11 is 0.976. The van der Waals surface area contributed by atoms with Crippen LogP contribution in [0.15, 0.2) is 39.3 Å². The van der Waals surface area contributed by atoms with Crippen LogP contribution in [0.4, 0.5) is 0 Å². The van der Waals surface area contributed by atoms with E-state index in [1.54, 1.807) is 12.3 Å². The molecule has 0 fully saturated rings. The number of carbonyl (C=O) groups is 1. The third kappa shape index (κ3) is 4.43. The molecule has 8 nitrogen and oxygen atoms in total. The summed E-state index contributed by atoms with van der Waals surface area (Å²) in [7, 11) is -3.91. The molecule has 10 heteroatoms. The Kier molecular flexibility index (Phi) is 5.75. The van der Waals surface area contributed by atoms with Crippen molar-refractivity contribution in [2.75, 3.05) is 6.61 Å². The highest BCUT2D eigenvalue weighted by Crippen LogP contribution is 2.15. The molecule has 0 spiro atoms. The number of amides is 1. The van der Waals surface area contributed by atoms with Crippen molar-refractivity contribution in [2.45, 2.75) is 25.3 Å². The van der Waals surface area contributed by atoms with E-state index < -0.39 is 15.9 Å². The van der Waals surface area contributed by atoms with Gasteiger partial charge in [-0.25, -0.2) is 8.42 Å². The number of aromatic nitrogens is 1. The fraction of sp³-hybridized carbons (Fsp3) is 0.286. The number of thiazole rings is 1. The zero-order chi connectivity index (χ0) is 17.7. The summed E-state index contributed by atoms with van der Waals surface area (Å²) in [4.78, 5) is 25.1. The van der Waals surface area contributed by atoms with Crippen molar-refractivity contribution in [1.29, 1.82) is 0 Å². The Morgan fingerprint density at radius 1 is 1.29 bits per heavy atom. The highest BCUT2D eigenvalue weighted by atomic mass is 32.2. The molecular weight excluding hydrogens is 354 g/mol. The van der Waals surface area contributed by atoms with Gasteiger partial charge in [0.15, 0.2) is 0 Å². The lowest BCUT2D eigenvalue weighted by Crippen LogP contribution is -2.43. The topological polar surface area (TPSA) is 106 Å². The van der Waals surface area contributed by atoms with Gasteiger partial charge in [0.25, 0.3) is 15.9 Å². The molecule has 1 aromatic heterocycles. The molecule has 24 heavy (non-hydrogen) atoms. The molecule has 0 aliphatic carbocycles. The minimum absolute atomic E-state index is 0.0184. The molecule has 0 saturated carbocycles. The van der Waals surface area contributed by atoms with Crippen LogP contribution in [0.3, 0.4) is 0 Å². The zero-order valence-electron chi connectivity index (χ0n) is 13.1. The van der Waals surface area contributed by atoms with Crippen molar-refractivity contribution in [2.24, 2.45) is 0 Å². The molecule has 0 saturated heterocycles. The third-order valence-electron chi connectivity index (χ3n) is 3.05. The van der Waals surface area contributed by atoms with E-state index in [4.69, 9.17) is 4.74 Å². The Labute approximate surface area is 143 Å². The highest BCUT2D eigenvalue weighted by Gasteiger charge is 2.16. The quantitative estimate of drug-likeness (QED) is 0.694. The van der Waals surface area contributed by atoms with Gasteiger partial charge < -0.3 is 4.74 Å². The average Bonchev–Trinajstić information content (AvgIpc) is 2.86. The van der Waals surface area contributed by atoms with Crippen LogP contribution in [0, 0.1) is 6.92 Å².